The molecule has 4 aliphatic rings. The van der Waals surface area contributed by atoms with Crippen LogP contribution < -0.4 is 0 Å². The fraction of sp³-hybridized carbons (Fsp3) is 0.767. The van der Waals surface area contributed by atoms with Crippen LogP contribution >= 0.6 is 0 Å². The van der Waals surface area contributed by atoms with Crippen molar-refractivity contribution in [3.63, 3.8) is 0 Å². The Hall–Kier alpha value is -2.19. The molecule has 0 aromatic rings. The number of esters is 1. The average molecular weight is 531 g/mol. The van der Waals surface area contributed by atoms with Crippen molar-refractivity contribution in [3.05, 3.63) is 24.3 Å². The van der Waals surface area contributed by atoms with Crippen molar-refractivity contribution in [2.75, 3.05) is 26.3 Å². The van der Waals surface area contributed by atoms with Crippen LogP contribution in [0.2, 0.25) is 0 Å². The van der Waals surface area contributed by atoms with Gasteiger partial charge in [0.2, 0.25) is 11.8 Å². The van der Waals surface area contributed by atoms with Crippen LogP contribution in [0.3, 0.4) is 0 Å². The van der Waals surface area contributed by atoms with E-state index in [0.717, 1.165) is 44.9 Å². The minimum absolute atomic E-state index is 0.0415. The summed E-state index contributed by atoms with van der Waals surface area (Å²) in [6, 6.07) is -1.51. The fourth-order valence-corrected chi connectivity index (χ4v) is 6.95. The van der Waals surface area contributed by atoms with Gasteiger partial charge in [-0.2, -0.15) is 0 Å². The molecule has 0 bridgehead atoms. The minimum Gasteiger partial charge on any atom is -0.465 e. The third kappa shape index (κ3) is 4.72. The van der Waals surface area contributed by atoms with Crippen molar-refractivity contribution in [1.29, 1.82) is 0 Å². The van der Waals surface area contributed by atoms with Gasteiger partial charge in [-0.3, -0.25) is 14.4 Å². The Balaban J connectivity index is 1.88. The van der Waals surface area contributed by atoms with Crippen LogP contribution in [0.25, 0.3) is 0 Å². The first-order chi connectivity index (χ1) is 18.3. The molecule has 4 rings (SSSR count). The molecule has 0 aromatic heterocycles. The number of fused-ring (bicyclic) bond motifs is 2. The third-order valence-electron chi connectivity index (χ3n) is 9.28. The maximum atomic E-state index is 14.5. The predicted octanol–water partition coefficient (Wildman–Crippen LogP) is 3.63. The van der Waals surface area contributed by atoms with Crippen molar-refractivity contribution >= 4 is 17.8 Å². The van der Waals surface area contributed by atoms with Gasteiger partial charge in [0.1, 0.15) is 23.2 Å². The second-order valence-corrected chi connectivity index (χ2v) is 11.5. The number of hydrogen-bond acceptors (Lipinski definition) is 6. The summed E-state index contributed by atoms with van der Waals surface area (Å²) >= 11 is 0. The van der Waals surface area contributed by atoms with Crippen LogP contribution in [0, 0.1) is 17.8 Å². The number of nitrogens with zero attached hydrogens (tertiary/aromatic N) is 2. The molecule has 1 N–H and O–H groups in total. The van der Waals surface area contributed by atoms with Crippen molar-refractivity contribution in [2.24, 2.45) is 17.8 Å². The molecule has 4 heterocycles. The molecule has 38 heavy (non-hydrogen) atoms. The number of carbonyl (C=O) groups excluding carboxylic acids is 3. The van der Waals surface area contributed by atoms with Crippen LogP contribution in [0.4, 0.5) is 0 Å². The number of allylic oxidation sites excluding steroid dienone is 1. The molecule has 8 heteroatoms. The van der Waals surface area contributed by atoms with E-state index in [0.29, 0.717) is 26.1 Å². The normalized spacial score (nSPS) is 35.7. The summed E-state index contributed by atoms with van der Waals surface area (Å²) < 4.78 is 12.7. The molecular formula is C30H46N2O6. The zero-order chi connectivity index (χ0) is 27.5. The van der Waals surface area contributed by atoms with Gasteiger partial charge in [0.25, 0.3) is 0 Å². The van der Waals surface area contributed by atoms with Gasteiger partial charge >= 0.3 is 5.97 Å². The van der Waals surface area contributed by atoms with E-state index in [4.69, 9.17) is 9.47 Å². The van der Waals surface area contributed by atoms with Crippen LogP contribution in [0.5, 0.6) is 0 Å². The number of likely N-dealkylation sites (tertiary alicyclic amines) is 1. The van der Waals surface area contributed by atoms with Crippen molar-refractivity contribution < 1.29 is 29.0 Å². The molecule has 0 aliphatic carbocycles. The highest BCUT2D eigenvalue weighted by molar-refractivity contribution is 5.99. The smallest absolute Gasteiger partial charge is 0.313 e. The summed E-state index contributed by atoms with van der Waals surface area (Å²) in [5.74, 6) is -2.73. The number of rotatable bonds is 9. The number of aliphatic hydroxyl groups excluding tert-OH is 1. The van der Waals surface area contributed by atoms with Gasteiger partial charge in [0, 0.05) is 13.1 Å². The number of aliphatic hydroxyl groups is 1. The second kappa shape index (κ2) is 11.9. The van der Waals surface area contributed by atoms with E-state index in [2.05, 4.69) is 13.0 Å². The van der Waals surface area contributed by atoms with Gasteiger partial charge in [-0.05, 0) is 38.0 Å². The SMILES string of the molecule is CCCCCN1CC=C[C@]23O[C@@]4(CC)/C=C\CCCCOC(=O)[C@H]4[C@H]2C(=O)N([C@@H](CO)[C@@H](C)CC)C3C1=O. The topological polar surface area (TPSA) is 96.4 Å². The number of carbonyl (C=O) groups is 3. The standard InChI is InChI=1S/C30H46N2O6/c1-5-8-12-17-31-18-14-16-30-23(26(34)32(25(30)27(31)35)22(20-33)21(4)6-2)24-28(36)37-19-13-10-9-11-15-29(24,7-3)38-30/h11,14-16,21-25,33H,5-10,12-13,17-20H2,1-4H3/b15-11-/t21-,22-,23-,24+,25?,29-,30-/m0/s1. The number of unbranched alkanes of at least 4 members (excludes halogenated alkanes) is 2. The highest BCUT2D eigenvalue weighted by Gasteiger charge is 2.76. The quantitative estimate of drug-likeness (QED) is 0.278. The number of hydrogen-bond donors (Lipinski definition) is 1. The monoisotopic (exact) mass is 530 g/mol. The average Bonchev–Trinajstić information content (AvgIpc) is 3.28. The zero-order valence-corrected chi connectivity index (χ0v) is 23.6. The van der Waals surface area contributed by atoms with Crippen molar-refractivity contribution in [1.82, 2.24) is 9.80 Å². The lowest BCUT2D eigenvalue weighted by Gasteiger charge is -2.42. The van der Waals surface area contributed by atoms with Crippen LogP contribution in [-0.2, 0) is 23.9 Å². The Bertz CT molecular complexity index is 949. The molecule has 0 radical (unpaired) electrons. The Labute approximate surface area is 227 Å². The molecule has 0 aromatic carbocycles. The first-order valence-electron chi connectivity index (χ1n) is 14.8. The van der Waals surface area contributed by atoms with E-state index >= 15 is 0 Å². The fourth-order valence-electron chi connectivity index (χ4n) is 6.95. The van der Waals surface area contributed by atoms with Gasteiger partial charge in [-0.25, -0.2) is 0 Å². The molecule has 4 aliphatic heterocycles. The third-order valence-corrected chi connectivity index (χ3v) is 9.28. The lowest BCUT2D eigenvalue weighted by Crippen LogP contribution is -2.60. The van der Waals surface area contributed by atoms with Crippen LogP contribution in [0.1, 0.15) is 79.1 Å². The van der Waals surface area contributed by atoms with Crippen LogP contribution in [0.15, 0.2) is 24.3 Å². The largest absolute Gasteiger partial charge is 0.465 e. The van der Waals surface area contributed by atoms with E-state index in [1.165, 1.54) is 0 Å². The van der Waals surface area contributed by atoms with Crippen molar-refractivity contribution in [3.8, 4) is 0 Å². The molecule has 8 nitrogen and oxygen atoms in total. The summed E-state index contributed by atoms with van der Waals surface area (Å²) in [7, 11) is 0. The highest BCUT2D eigenvalue weighted by atomic mass is 16.6. The molecule has 2 amide bonds. The minimum atomic E-state index is -1.31. The van der Waals surface area contributed by atoms with E-state index in [1.807, 2.05) is 43.9 Å². The predicted molar refractivity (Wildman–Crippen MR) is 144 cm³/mol. The van der Waals surface area contributed by atoms with Gasteiger partial charge in [-0.1, -0.05) is 71.3 Å². The second-order valence-electron chi connectivity index (χ2n) is 11.5. The maximum Gasteiger partial charge on any atom is 0.313 e. The molecule has 212 valence electrons. The summed E-state index contributed by atoms with van der Waals surface area (Å²) in [5.41, 5.74) is -2.36. The Morgan fingerprint density at radius 1 is 1.05 bits per heavy atom. The molecule has 1 spiro atoms. The number of amides is 2. The zero-order valence-electron chi connectivity index (χ0n) is 23.6. The van der Waals surface area contributed by atoms with E-state index < -0.39 is 41.1 Å². The summed E-state index contributed by atoms with van der Waals surface area (Å²) in [5, 5.41) is 10.5. The summed E-state index contributed by atoms with van der Waals surface area (Å²) in [6.07, 6.45) is 14.4. The summed E-state index contributed by atoms with van der Waals surface area (Å²) in [6.45, 7) is 9.14. The Morgan fingerprint density at radius 2 is 1.84 bits per heavy atom. The summed E-state index contributed by atoms with van der Waals surface area (Å²) in [4.78, 5) is 46.0. The lowest BCUT2D eigenvalue weighted by molar-refractivity contribution is -0.164. The maximum absolute atomic E-state index is 14.5. The number of cyclic esters (lactones) is 1. The number of ether oxygens (including phenoxy) is 2. The lowest BCUT2D eigenvalue weighted by atomic mass is 9.73. The molecule has 2 fully saturated rings. The van der Waals surface area contributed by atoms with E-state index in [9.17, 15) is 19.5 Å². The van der Waals surface area contributed by atoms with Gasteiger partial charge < -0.3 is 24.4 Å². The van der Waals surface area contributed by atoms with Crippen molar-refractivity contribution in [2.45, 2.75) is 102 Å². The molecular weight excluding hydrogens is 484 g/mol. The first kappa shape index (κ1) is 28.8. The van der Waals surface area contributed by atoms with E-state index in [1.54, 1.807) is 4.90 Å². The molecule has 7 atom stereocenters. The van der Waals surface area contributed by atoms with Gasteiger partial charge in [0.05, 0.1) is 25.2 Å². The van der Waals surface area contributed by atoms with Crippen LogP contribution in [-0.4, -0.2) is 82.3 Å². The highest BCUT2D eigenvalue weighted by Crippen LogP contribution is 2.58. The molecule has 2 saturated heterocycles. The Kier molecular flexibility index (Phi) is 9.03. The molecule has 0 saturated carbocycles. The van der Waals surface area contributed by atoms with Gasteiger partial charge in [0.15, 0.2) is 0 Å². The molecule has 1 unspecified atom stereocenters. The van der Waals surface area contributed by atoms with Gasteiger partial charge in [-0.15, -0.1) is 0 Å². The first-order valence-corrected chi connectivity index (χ1v) is 14.8. The van der Waals surface area contributed by atoms with E-state index in [-0.39, 0.29) is 24.3 Å². The Morgan fingerprint density at radius 3 is 2.53 bits per heavy atom.